The number of nitrogens with zero attached hydrogens (tertiary/aromatic N) is 1. The molecule has 0 rings (SSSR count). The average Bonchev–Trinajstić information content (AvgIpc) is 2.98. The molecule has 42 heteroatoms. The second-order valence-electron chi connectivity index (χ2n) is 10.3. The molecule has 0 unspecified atom stereocenters. The van der Waals surface area contributed by atoms with Crippen LogP contribution in [-0.4, -0.2) is 113 Å². The zero-order valence-electron chi connectivity index (χ0n) is 24.9. The van der Waals surface area contributed by atoms with E-state index in [-0.39, 0.29) is 0 Å². The summed E-state index contributed by atoms with van der Waals surface area (Å²) >= 11 is 0. The van der Waals surface area contributed by atoms with Gasteiger partial charge in [0.15, 0.2) is 0 Å². The highest BCUT2D eigenvalue weighted by molar-refractivity contribution is 5.18. The van der Waals surface area contributed by atoms with Crippen molar-refractivity contribution in [1.29, 1.82) is 0 Å². The molecule has 0 bridgehead atoms. The van der Waals surface area contributed by atoms with Crippen LogP contribution in [-0.2, 0) is 0 Å². The van der Waals surface area contributed by atoms with E-state index < -0.39 is 113 Å². The summed E-state index contributed by atoms with van der Waals surface area (Å²) < 4.78 is 512. The summed E-state index contributed by atoms with van der Waals surface area (Å²) in [6.07, 6.45) is -23.7. The van der Waals surface area contributed by atoms with Crippen molar-refractivity contribution in [2.24, 2.45) is 0 Å². The smallest absolute Gasteiger partial charge is 0.192 e. The number of hydrogen-bond donors (Lipinski definition) is 0. The van der Waals surface area contributed by atoms with Crippen LogP contribution in [0.2, 0.25) is 0 Å². The van der Waals surface area contributed by atoms with Crippen LogP contribution in [0, 0.1) is 0 Å². The van der Waals surface area contributed by atoms with E-state index in [0.29, 0.717) is 0 Å². The van der Waals surface area contributed by atoms with Crippen molar-refractivity contribution < 1.29 is 180 Å². The number of alkyl halides is 39. The molecule has 0 saturated carbocycles. The van der Waals surface area contributed by atoms with E-state index in [4.69, 9.17) is 0 Å². The van der Waals surface area contributed by atoms with Crippen molar-refractivity contribution in [2.45, 2.75) is 107 Å². The first-order valence-corrected chi connectivity index (χ1v) is 11.9. The molecule has 0 N–H and O–H groups in total. The fourth-order valence-corrected chi connectivity index (χ4v) is 2.80. The lowest BCUT2D eigenvalue weighted by Crippen LogP contribution is -2.77. The third-order valence-corrected chi connectivity index (χ3v) is 6.39. The van der Waals surface area contributed by atoms with Gasteiger partial charge in [-0.05, 0) is 0 Å². The van der Waals surface area contributed by atoms with E-state index in [9.17, 15) is 180 Å². The minimum atomic E-state index is -9.35. The van der Waals surface area contributed by atoms with Crippen molar-refractivity contribution in [2.75, 3.05) is 0 Å². The maximum Gasteiger partial charge on any atom is 0.460 e. The fourth-order valence-electron chi connectivity index (χ4n) is 2.80. The zero-order valence-corrected chi connectivity index (χ0v) is 24.9. The first-order chi connectivity index (χ1) is 24.9. The van der Waals surface area contributed by atoms with Crippen LogP contribution in [0.15, 0.2) is 0 Å². The molecule has 0 aromatic carbocycles. The van der Waals surface area contributed by atoms with Crippen molar-refractivity contribution in [3.05, 3.63) is 0 Å². The lowest BCUT2D eigenvalue weighted by molar-refractivity contribution is -0.490. The Morgan fingerprint density at radius 1 is 0.150 bits per heavy atom. The van der Waals surface area contributed by atoms with Gasteiger partial charge in [0.2, 0.25) is 0 Å². The van der Waals surface area contributed by atoms with E-state index in [1.165, 1.54) is 0 Å². The largest absolute Gasteiger partial charge is 0.460 e. The van der Waals surface area contributed by atoms with Gasteiger partial charge in [0.25, 0.3) is 0 Å². The van der Waals surface area contributed by atoms with Crippen LogP contribution < -0.4 is 0 Å². The first kappa shape index (κ1) is 59.2. The lowest BCUT2D eigenvalue weighted by Gasteiger charge is -2.44. The van der Waals surface area contributed by atoms with E-state index in [1.54, 1.807) is 0 Å². The predicted molar refractivity (Wildman–Crippen MR) is 96.4 cm³/mol. The molecule has 0 heterocycles. The molecule has 0 fully saturated rings. The molecular weight excluding hydrogens is 1010 g/mol. The van der Waals surface area contributed by atoms with Crippen molar-refractivity contribution >= 4 is 0 Å². The van der Waals surface area contributed by atoms with Crippen LogP contribution in [0.1, 0.15) is 0 Å². The molecular formula is C18F41N. The van der Waals surface area contributed by atoms with Gasteiger partial charge >= 0.3 is 107 Å². The van der Waals surface area contributed by atoms with E-state index in [1.807, 2.05) is 0 Å². The molecule has 0 aromatic heterocycles. The summed E-state index contributed by atoms with van der Waals surface area (Å²) in [4.78, 5) is 0. The maximum absolute atomic E-state index is 13.2. The molecule has 0 saturated heterocycles. The van der Waals surface area contributed by atoms with Crippen LogP contribution in [0.25, 0.3) is 0 Å². The standard InChI is InChI=1S/C10F23N.C8F18/c11-1(12,3(15,16)5(19,20)7(23,24)9(27,28)29)2(13,14)4(17,18)6(21,22)8(25,26)10(30,31)34(32)33;9-1(10,3(13,14)5(17,18)7(21,22)23)2(11,12)4(15,16)6(19,20)8(24,25)26. The second-order valence-corrected chi connectivity index (χ2v) is 10.3. The second kappa shape index (κ2) is 14.6. The van der Waals surface area contributed by atoms with Gasteiger partial charge in [0, 0.05) is 0 Å². The van der Waals surface area contributed by atoms with Gasteiger partial charge in [-0.2, -0.15) is 171 Å². The summed E-state index contributed by atoms with van der Waals surface area (Å²) in [6.45, 7) is 0. The highest BCUT2D eigenvalue weighted by Crippen LogP contribution is 2.67. The van der Waals surface area contributed by atoms with Gasteiger partial charge in [-0.15, -0.1) is 0 Å². The number of halogens is 41. The number of rotatable bonds is 14. The lowest BCUT2D eigenvalue weighted by atomic mass is 9.87. The molecule has 0 aromatic rings. The topological polar surface area (TPSA) is 3.24 Å². The summed E-state index contributed by atoms with van der Waals surface area (Å²) in [7, 11) is 0. The Bertz CT molecular complexity index is 1430. The minimum absolute atomic E-state index is 4.40. The van der Waals surface area contributed by atoms with Crippen LogP contribution >= 0.6 is 0 Å². The Kier molecular flexibility index (Phi) is 14.4. The van der Waals surface area contributed by atoms with Gasteiger partial charge in [0.05, 0.1) is 5.34 Å². The summed E-state index contributed by atoms with van der Waals surface area (Å²) in [5.41, 5.74) is 0. The molecule has 0 aliphatic carbocycles. The van der Waals surface area contributed by atoms with E-state index in [0.717, 1.165) is 0 Å². The molecule has 0 radical (unpaired) electrons. The highest BCUT2D eigenvalue weighted by atomic mass is 19.5. The molecule has 0 aliphatic rings. The summed E-state index contributed by atoms with van der Waals surface area (Å²) in [5, 5.41) is -4.40. The Balaban J connectivity index is 0. The van der Waals surface area contributed by atoms with E-state index in [2.05, 4.69) is 0 Å². The first-order valence-electron chi connectivity index (χ1n) is 11.9. The molecule has 364 valence electrons. The molecule has 0 atom stereocenters. The quantitative estimate of drug-likeness (QED) is 0.0952. The number of hydrogen-bond acceptors (Lipinski definition) is 1. The monoisotopic (exact) mass is 1010 g/mol. The third kappa shape index (κ3) is 7.45. The molecule has 60 heavy (non-hydrogen) atoms. The van der Waals surface area contributed by atoms with Crippen LogP contribution in [0.3, 0.4) is 0 Å². The fraction of sp³-hybridized carbons (Fsp3) is 1.00. The van der Waals surface area contributed by atoms with Gasteiger partial charge in [-0.1, -0.05) is 8.96 Å². The van der Waals surface area contributed by atoms with Crippen molar-refractivity contribution in [3.63, 3.8) is 0 Å². The summed E-state index contributed by atoms with van der Waals surface area (Å²) in [6, 6.07) is -8.03. The normalized spacial score (nSPS) is 16.9. The van der Waals surface area contributed by atoms with Crippen molar-refractivity contribution in [3.8, 4) is 0 Å². The maximum atomic E-state index is 13.2. The Labute approximate surface area is 294 Å². The van der Waals surface area contributed by atoms with Gasteiger partial charge in [-0.25, -0.2) is 0 Å². The van der Waals surface area contributed by atoms with Crippen LogP contribution in [0.4, 0.5) is 180 Å². The molecule has 1 nitrogen and oxygen atoms in total. The Hall–Kier alpha value is -2.91. The zero-order chi connectivity index (χ0) is 50.6. The van der Waals surface area contributed by atoms with Gasteiger partial charge in [-0.3, -0.25) is 0 Å². The predicted octanol–water partition coefficient (Wildman–Crippen LogP) is 13.2. The molecule has 0 aliphatic heterocycles. The molecule has 0 spiro atoms. The molecule has 0 amide bonds. The summed E-state index contributed by atoms with van der Waals surface area (Å²) in [5.74, 6) is -123. The van der Waals surface area contributed by atoms with E-state index >= 15 is 0 Å². The third-order valence-electron chi connectivity index (χ3n) is 6.39. The Morgan fingerprint density at radius 3 is 0.350 bits per heavy atom. The Morgan fingerprint density at radius 2 is 0.250 bits per heavy atom. The van der Waals surface area contributed by atoms with Gasteiger partial charge in [0.1, 0.15) is 0 Å². The van der Waals surface area contributed by atoms with Crippen LogP contribution in [0.5, 0.6) is 0 Å². The minimum Gasteiger partial charge on any atom is -0.192 e. The SMILES string of the molecule is FC(F)(F)C(F)(F)C(F)(F)C(F)(F)C(F)(F)C(F)(F)C(F)(F)C(F)(F)F.FN(F)C(F)(F)C(F)(F)C(F)(F)C(F)(F)C(F)(F)C(F)(F)C(F)(F)C(F)(F)C(F)(F)C(F)(F)F. The van der Waals surface area contributed by atoms with Crippen molar-refractivity contribution in [1.82, 2.24) is 5.34 Å². The van der Waals surface area contributed by atoms with Gasteiger partial charge < -0.3 is 0 Å². The highest BCUT2D eigenvalue weighted by Gasteiger charge is 2.99. The average molecular weight is 1010 g/mol.